The number of alkyl carbamates (subject to hydrolysis) is 2. The van der Waals surface area contributed by atoms with Crippen LogP contribution in [0.15, 0.2) is 122 Å². The fourth-order valence-electron chi connectivity index (χ4n) is 7.75. The summed E-state index contributed by atoms with van der Waals surface area (Å²) in [5.74, 6) is 1.36. The molecular formula is C52H62N10O12S2. The molecule has 0 spiro atoms. The second kappa shape index (κ2) is 23.5. The van der Waals surface area contributed by atoms with E-state index >= 15 is 16.8 Å². The minimum atomic E-state index is -5.11. The molecule has 1 atom stereocenters. The van der Waals surface area contributed by atoms with Gasteiger partial charge in [-0.3, -0.25) is 5.43 Å². The Morgan fingerprint density at radius 3 is 1.96 bits per heavy atom. The van der Waals surface area contributed by atoms with Crippen molar-refractivity contribution in [2.75, 3.05) is 34.4 Å². The number of methoxy groups -OCH3 is 3. The monoisotopic (exact) mass is 1080 g/mol. The number of amidine groups is 1. The number of aliphatic imine (C=N–C) groups is 1. The maximum Gasteiger partial charge on any atom is 0.408 e. The molecule has 24 heteroatoms. The van der Waals surface area contributed by atoms with Gasteiger partial charge in [-0.25, -0.2) is 41.1 Å². The van der Waals surface area contributed by atoms with Crippen LogP contribution in [0.25, 0.3) is 22.2 Å². The number of imidazole rings is 1. The lowest BCUT2D eigenvalue weighted by Gasteiger charge is -2.27. The average Bonchev–Trinajstić information content (AvgIpc) is 3.86. The molecule has 5 aromatic carbocycles. The van der Waals surface area contributed by atoms with Gasteiger partial charge in [0.25, 0.3) is 0 Å². The molecule has 6 N–H and O–H groups in total. The first-order valence-corrected chi connectivity index (χ1v) is 26.8. The third-order valence-electron chi connectivity index (χ3n) is 11.3. The summed E-state index contributed by atoms with van der Waals surface area (Å²) in [4.78, 5) is 36.3. The number of carbonyl (C=O) groups is 2. The summed E-state index contributed by atoms with van der Waals surface area (Å²) < 4.78 is 93.4. The molecular weight excluding hydrogens is 1020 g/mol. The van der Waals surface area contributed by atoms with Crippen LogP contribution in [0.2, 0.25) is 0 Å². The van der Waals surface area contributed by atoms with Crippen LogP contribution in [-0.2, 0) is 55.7 Å². The van der Waals surface area contributed by atoms with Crippen molar-refractivity contribution in [2.24, 2.45) is 15.3 Å². The fraction of sp³-hybridized carbons (Fsp3) is 0.346. The number of rotatable bonds is 19. The molecule has 0 radical (unpaired) electrons. The van der Waals surface area contributed by atoms with Crippen LogP contribution in [0.3, 0.4) is 0 Å². The number of nitrogens with one attached hydrogen (secondary N) is 5. The highest BCUT2D eigenvalue weighted by atomic mass is 32.2. The molecule has 1 aromatic heterocycles. The number of aliphatic hydroxyl groups excluding tert-OH is 1. The predicted octanol–water partition coefficient (Wildman–Crippen LogP) is 7.38. The molecule has 2 amide bonds. The Balaban J connectivity index is 1.48. The van der Waals surface area contributed by atoms with E-state index in [1.54, 1.807) is 126 Å². The van der Waals surface area contributed by atoms with E-state index in [1.807, 2.05) is 0 Å². The Labute approximate surface area is 441 Å². The predicted molar refractivity (Wildman–Crippen MR) is 283 cm³/mol. The first-order valence-electron chi connectivity index (χ1n) is 23.9. The Bertz CT molecular complexity index is 3300. The Hall–Kier alpha value is -7.64. The molecule has 76 heavy (non-hydrogen) atoms. The second-order valence-electron chi connectivity index (χ2n) is 19.4. The number of aliphatic hydroxyl groups is 1. The highest BCUT2D eigenvalue weighted by Gasteiger charge is 2.38. The molecule has 0 saturated heterocycles. The van der Waals surface area contributed by atoms with Gasteiger partial charge >= 0.3 is 12.2 Å². The maximum atomic E-state index is 16.3. The van der Waals surface area contributed by atoms with E-state index in [0.717, 1.165) is 15.9 Å². The van der Waals surface area contributed by atoms with E-state index in [1.165, 1.54) is 27.4 Å². The number of hydrogen-bond acceptors (Lipinski definition) is 17. The Morgan fingerprint density at radius 2 is 1.37 bits per heavy atom. The van der Waals surface area contributed by atoms with Crippen LogP contribution in [0.5, 0.6) is 17.2 Å². The summed E-state index contributed by atoms with van der Waals surface area (Å²) in [5.41, 5.74) is 4.41. The van der Waals surface area contributed by atoms with Gasteiger partial charge in [0.05, 0.1) is 57.1 Å². The number of H-pyrrole nitrogens is 1. The second-order valence-corrected chi connectivity index (χ2v) is 23.0. The van der Waals surface area contributed by atoms with Gasteiger partial charge in [-0.1, -0.05) is 47.7 Å². The number of aromatic nitrogens is 2. The molecule has 0 saturated carbocycles. The van der Waals surface area contributed by atoms with E-state index in [-0.39, 0.29) is 54.6 Å². The number of nitrogens with zero attached hydrogens (tertiary/aromatic N) is 5. The minimum absolute atomic E-state index is 0.0266. The first-order chi connectivity index (χ1) is 35.9. The van der Waals surface area contributed by atoms with Crippen molar-refractivity contribution in [2.45, 2.75) is 94.8 Å². The van der Waals surface area contributed by atoms with Gasteiger partial charge in [0, 0.05) is 26.2 Å². The van der Waals surface area contributed by atoms with Crippen molar-refractivity contribution in [3.63, 3.8) is 0 Å². The molecule has 2 bridgehead atoms. The van der Waals surface area contributed by atoms with Crippen LogP contribution < -0.4 is 35.0 Å². The molecule has 0 fully saturated rings. The molecule has 1 aliphatic rings. The van der Waals surface area contributed by atoms with Crippen molar-refractivity contribution in [1.82, 2.24) is 35.1 Å². The zero-order chi connectivity index (χ0) is 55.0. The molecule has 7 rings (SSSR count). The van der Waals surface area contributed by atoms with E-state index in [0.29, 0.717) is 45.0 Å². The van der Waals surface area contributed by atoms with E-state index in [9.17, 15) is 14.7 Å². The quantitative estimate of drug-likeness (QED) is 0.0462. The van der Waals surface area contributed by atoms with Gasteiger partial charge in [-0.05, 0) is 124 Å². The number of carbonyl (C=O) groups excluding carboxylic acids is 2. The van der Waals surface area contributed by atoms with Gasteiger partial charge < -0.3 is 44.4 Å². The normalized spacial score (nSPS) is 14.5. The van der Waals surface area contributed by atoms with Crippen molar-refractivity contribution in [1.29, 1.82) is 0 Å². The standard InChI is InChI=1S/C52H62N10O12S2/c1-51(2,3)73-49(64)53-27-36(63)28-56-75(66,67)44-23-20-39(35-15-21-40-41(25-35)58-45(57-40)29-54-50(65)74-52(4,5)6)46(48-59-42-24-34(26-55-61-60-48)14-22-43(42)72-9)47(44)76(68,69)62(30-32-10-16-37(70-7)17-11-32)31-33-12-18-38(71-8)19-13-33/h10-25,36,56,63H,26-31H2,1-9H3,(H,53,64)(H,54,65)(H,57,58)(H,55,59,60)/t36-/m1/s1. The number of benzene rings is 5. The summed E-state index contributed by atoms with van der Waals surface area (Å²) in [7, 11) is -5.62. The number of amides is 2. The van der Waals surface area contributed by atoms with Crippen LogP contribution in [-0.4, -0.2) is 106 Å². The van der Waals surface area contributed by atoms with Gasteiger partial charge in [0.1, 0.15) is 49.8 Å². The first kappa shape index (κ1) is 56.1. The van der Waals surface area contributed by atoms with Crippen molar-refractivity contribution >= 4 is 54.8 Å². The van der Waals surface area contributed by atoms with E-state index in [2.05, 4.69) is 36.1 Å². The molecule has 0 aliphatic carbocycles. The zero-order valence-electron chi connectivity index (χ0n) is 43.5. The lowest BCUT2D eigenvalue weighted by atomic mass is 9.98. The SMILES string of the molecule is COc1ccc(CN(Cc2ccc(OC)cc2)S(=O)(=O)c2c(S(=O)(=O)NC[C@H](O)CNC(=O)OC(C)(C)C)ccc(-c3ccc4[nH]c(CNC(=O)OC(C)(C)C)nc4c3)c2C2=N/c3cc(ccc3OC)CN/N=N\2)cc1. The third kappa shape index (κ3) is 14.4. The van der Waals surface area contributed by atoms with Crippen molar-refractivity contribution < 1.29 is 55.2 Å². The van der Waals surface area contributed by atoms with Gasteiger partial charge in [-0.15, -0.1) is 5.11 Å². The third-order valence-corrected chi connectivity index (χ3v) is 14.7. The number of sulfonamides is 2. The van der Waals surface area contributed by atoms with E-state index in [4.69, 9.17) is 33.7 Å². The van der Waals surface area contributed by atoms with Crippen molar-refractivity contribution in [3.05, 3.63) is 125 Å². The largest absolute Gasteiger partial charge is 0.497 e. The number of ether oxygens (including phenoxy) is 5. The number of fused-ring (bicyclic) bond motifs is 3. The van der Waals surface area contributed by atoms with Crippen molar-refractivity contribution in [3.8, 4) is 28.4 Å². The van der Waals surface area contributed by atoms with E-state index < -0.39 is 72.4 Å². The number of hydrogen-bond donors (Lipinski definition) is 6. The van der Waals surface area contributed by atoms with Gasteiger partial charge in [0.15, 0.2) is 5.84 Å². The molecule has 22 nitrogen and oxygen atoms in total. The Kier molecular flexibility index (Phi) is 17.3. The molecule has 404 valence electrons. The van der Waals surface area contributed by atoms with Gasteiger partial charge in [-0.2, -0.15) is 4.31 Å². The molecule has 0 unspecified atom stereocenters. The maximum absolute atomic E-state index is 16.3. The van der Waals surface area contributed by atoms with Crippen LogP contribution in [0.1, 0.15) is 69.6 Å². The number of aromatic amines is 1. The summed E-state index contributed by atoms with van der Waals surface area (Å²) >= 11 is 0. The van der Waals surface area contributed by atoms with Crippen LogP contribution in [0, 0.1) is 0 Å². The molecule has 6 aromatic rings. The summed E-state index contributed by atoms with van der Waals surface area (Å²) in [6.07, 6.45) is -3.01. The zero-order valence-corrected chi connectivity index (χ0v) is 45.2. The lowest BCUT2D eigenvalue weighted by Crippen LogP contribution is -2.42. The highest BCUT2D eigenvalue weighted by molar-refractivity contribution is 7.92. The Morgan fingerprint density at radius 1 is 0.750 bits per heavy atom. The smallest absolute Gasteiger partial charge is 0.408 e. The fourth-order valence-corrected chi connectivity index (χ4v) is 11.2. The molecule has 2 heterocycles. The molecule has 1 aliphatic heterocycles. The summed E-state index contributed by atoms with van der Waals surface area (Å²) in [6.45, 7) is 8.70. The summed E-state index contributed by atoms with van der Waals surface area (Å²) in [6, 6.07) is 26.2. The van der Waals surface area contributed by atoms with Gasteiger partial charge in [0.2, 0.25) is 20.0 Å². The lowest BCUT2D eigenvalue weighted by molar-refractivity contribution is 0.0490. The topological polar surface area (TPSA) is 286 Å². The minimum Gasteiger partial charge on any atom is -0.497 e. The van der Waals surface area contributed by atoms with Crippen LogP contribution in [0.4, 0.5) is 15.3 Å². The summed E-state index contributed by atoms with van der Waals surface area (Å²) in [5, 5.41) is 24.8. The average molecular weight is 1080 g/mol. The van der Waals surface area contributed by atoms with Crippen LogP contribution >= 0.6 is 0 Å². The highest BCUT2D eigenvalue weighted by Crippen LogP contribution is 2.40.